The number of fused-ring (bicyclic) bond motifs is 1. The van der Waals surface area contributed by atoms with Crippen molar-refractivity contribution < 1.29 is 4.79 Å². The minimum Gasteiger partial charge on any atom is -0.361 e. The van der Waals surface area contributed by atoms with Crippen LogP contribution in [-0.4, -0.2) is 16.4 Å². The number of hydrogen-bond donors (Lipinski definition) is 3. The van der Waals surface area contributed by atoms with E-state index >= 15 is 0 Å². The van der Waals surface area contributed by atoms with Crippen LogP contribution in [0.5, 0.6) is 0 Å². The monoisotopic (exact) mass is 369 g/mol. The molecule has 1 aliphatic heterocycles. The number of carbonyl (C=O) groups excluding carboxylic acids is 1. The molecule has 1 fully saturated rings. The summed E-state index contributed by atoms with van der Waals surface area (Å²) in [6.45, 7) is 1.98. The predicted octanol–water partition coefficient (Wildman–Crippen LogP) is 4.73. The van der Waals surface area contributed by atoms with Crippen molar-refractivity contribution in [2.75, 3.05) is 5.32 Å². The van der Waals surface area contributed by atoms with E-state index in [2.05, 4.69) is 15.6 Å². The quantitative estimate of drug-likeness (QED) is 0.585. The number of hydrogen-bond acceptors (Lipinski definition) is 3. The lowest BCUT2D eigenvalue weighted by Crippen LogP contribution is -2.31. The van der Waals surface area contributed by atoms with Crippen LogP contribution in [0.4, 0.5) is 5.69 Å². The normalized spacial score (nSPS) is 18.7. The number of rotatable bonds is 3. The Balaban J connectivity index is 1.56. The van der Waals surface area contributed by atoms with Crippen molar-refractivity contribution >= 4 is 51.9 Å². The molecule has 2 aromatic carbocycles. The average Bonchev–Trinajstić information content (AvgIpc) is 3.15. The minimum atomic E-state index is -0.205. The molecule has 1 unspecified atom stereocenters. The van der Waals surface area contributed by atoms with Crippen LogP contribution in [0.1, 0.15) is 11.1 Å². The zero-order valence-corrected chi connectivity index (χ0v) is 15.0. The van der Waals surface area contributed by atoms with Gasteiger partial charge < -0.3 is 15.6 Å². The van der Waals surface area contributed by atoms with Crippen molar-refractivity contribution in [3.8, 4) is 0 Å². The summed E-state index contributed by atoms with van der Waals surface area (Å²) in [7, 11) is 0. The molecule has 0 aliphatic carbocycles. The van der Waals surface area contributed by atoms with Crippen LogP contribution < -0.4 is 10.6 Å². The maximum Gasteiger partial charge on any atom is 0.260 e. The molecule has 0 radical (unpaired) electrons. The van der Waals surface area contributed by atoms with E-state index in [0.717, 1.165) is 27.7 Å². The zero-order chi connectivity index (χ0) is 17.4. The summed E-state index contributed by atoms with van der Waals surface area (Å²) in [6.07, 6.45) is 3.85. The number of para-hydroxylation sites is 1. The summed E-state index contributed by atoms with van der Waals surface area (Å²) >= 11 is 7.47. The molecule has 2 heterocycles. The summed E-state index contributed by atoms with van der Waals surface area (Å²) in [4.78, 5) is 16.2. The first kappa shape index (κ1) is 16.1. The summed E-state index contributed by atoms with van der Waals surface area (Å²) in [5, 5.41) is 8.10. The Morgan fingerprint density at radius 2 is 2.08 bits per heavy atom. The number of aromatic nitrogens is 1. The number of halogens is 1. The van der Waals surface area contributed by atoms with Gasteiger partial charge in [-0.25, -0.2) is 0 Å². The Morgan fingerprint density at radius 3 is 2.92 bits per heavy atom. The Labute approximate surface area is 154 Å². The van der Waals surface area contributed by atoms with Gasteiger partial charge in [0.2, 0.25) is 0 Å². The Hall–Kier alpha value is -2.37. The van der Waals surface area contributed by atoms with E-state index in [0.29, 0.717) is 9.93 Å². The molecule has 1 aromatic heterocycles. The molecule has 1 saturated heterocycles. The van der Waals surface area contributed by atoms with Crippen molar-refractivity contribution in [3.05, 3.63) is 69.7 Å². The van der Waals surface area contributed by atoms with Gasteiger partial charge in [0.05, 0.1) is 4.91 Å². The first-order valence-electron chi connectivity index (χ1n) is 7.88. The number of aromatic amines is 1. The summed E-state index contributed by atoms with van der Waals surface area (Å²) in [5.74, 6) is -0.0700. The van der Waals surface area contributed by atoms with Crippen molar-refractivity contribution in [1.82, 2.24) is 10.3 Å². The van der Waals surface area contributed by atoms with Crippen molar-refractivity contribution in [1.29, 1.82) is 0 Å². The third-order valence-corrected chi connectivity index (χ3v) is 5.38. The topological polar surface area (TPSA) is 56.9 Å². The highest BCUT2D eigenvalue weighted by Crippen LogP contribution is 2.32. The molecule has 4 rings (SSSR count). The number of amides is 1. The molecular weight excluding hydrogens is 354 g/mol. The van der Waals surface area contributed by atoms with E-state index in [4.69, 9.17) is 11.6 Å². The van der Waals surface area contributed by atoms with Gasteiger partial charge in [-0.2, -0.15) is 0 Å². The maximum absolute atomic E-state index is 12.3. The molecule has 1 aliphatic rings. The van der Waals surface area contributed by atoms with E-state index in [1.54, 1.807) is 0 Å². The fraction of sp³-hybridized carbons (Fsp3) is 0.105. The zero-order valence-electron chi connectivity index (χ0n) is 13.5. The third kappa shape index (κ3) is 3.25. The molecule has 25 heavy (non-hydrogen) atoms. The van der Waals surface area contributed by atoms with Gasteiger partial charge in [-0.05, 0) is 42.8 Å². The smallest absolute Gasteiger partial charge is 0.260 e. The Kier molecular flexibility index (Phi) is 4.19. The van der Waals surface area contributed by atoms with Crippen LogP contribution in [0, 0.1) is 6.92 Å². The second-order valence-corrected chi connectivity index (χ2v) is 7.46. The lowest BCUT2D eigenvalue weighted by molar-refractivity contribution is -0.116. The fourth-order valence-corrected chi connectivity index (χ4v) is 4.04. The molecule has 0 spiro atoms. The third-order valence-electron chi connectivity index (χ3n) is 4.11. The van der Waals surface area contributed by atoms with E-state index in [1.807, 2.05) is 61.7 Å². The predicted molar refractivity (Wildman–Crippen MR) is 106 cm³/mol. The van der Waals surface area contributed by atoms with E-state index in [-0.39, 0.29) is 11.4 Å². The highest BCUT2D eigenvalue weighted by atomic mass is 35.5. The maximum atomic E-state index is 12.3. The van der Waals surface area contributed by atoms with Crippen molar-refractivity contribution in [2.24, 2.45) is 0 Å². The number of anilines is 1. The molecule has 0 saturated carbocycles. The molecule has 126 valence electrons. The summed E-state index contributed by atoms with van der Waals surface area (Å²) in [5.41, 5.74) is 3.86. The van der Waals surface area contributed by atoms with Gasteiger partial charge >= 0.3 is 0 Å². The van der Waals surface area contributed by atoms with Crippen LogP contribution in [-0.2, 0) is 4.79 Å². The lowest BCUT2D eigenvalue weighted by atomic mass is 10.1. The van der Waals surface area contributed by atoms with Crippen LogP contribution >= 0.6 is 23.4 Å². The van der Waals surface area contributed by atoms with Gasteiger partial charge in [0.15, 0.2) is 5.50 Å². The first-order valence-corrected chi connectivity index (χ1v) is 9.14. The number of H-pyrrole nitrogens is 1. The number of aryl methyl sites for hydroxylation is 1. The molecule has 3 N–H and O–H groups in total. The molecular formula is C19H16ClN3OS. The number of benzene rings is 2. The highest BCUT2D eigenvalue weighted by Gasteiger charge is 2.27. The molecule has 0 bridgehead atoms. The van der Waals surface area contributed by atoms with Crippen LogP contribution in [0.25, 0.3) is 17.0 Å². The molecule has 6 heteroatoms. The van der Waals surface area contributed by atoms with Gasteiger partial charge in [0.1, 0.15) is 0 Å². The van der Waals surface area contributed by atoms with Crippen molar-refractivity contribution in [3.63, 3.8) is 0 Å². The highest BCUT2D eigenvalue weighted by molar-refractivity contribution is 8.05. The first-order chi connectivity index (χ1) is 12.1. The second-order valence-electron chi connectivity index (χ2n) is 5.87. The van der Waals surface area contributed by atoms with Crippen LogP contribution in [0.15, 0.2) is 53.6 Å². The molecule has 1 atom stereocenters. The second kappa shape index (κ2) is 6.50. The Bertz CT molecular complexity index is 995. The van der Waals surface area contributed by atoms with Gasteiger partial charge in [0, 0.05) is 33.4 Å². The molecule has 4 nitrogen and oxygen atoms in total. The van der Waals surface area contributed by atoms with Gasteiger partial charge in [-0.3, -0.25) is 4.79 Å². The number of carbonyl (C=O) groups is 1. The summed E-state index contributed by atoms with van der Waals surface area (Å²) < 4.78 is 0. The lowest BCUT2D eigenvalue weighted by Gasteiger charge is -2.14. The van der Waals surface area contributed by atoms with Crippen LogP contribution in [0.2, 0.25) is 5.02 Å². The van der Waals surface area contributed by atoms with Gasteiger partial charge in [-0.1, -0.05) is 41.6 Å². The average molecular weight is 370 g/mol. The molecule has 1 amide bonds. The number of thioether (sulfide) groups is 1. The standard InChI is InChI=1S/C19H16ClN3OS/c1-11-8-13(20)6-7-15(11)22-19-23-18(24)17(25-19)9-12-10-21-16-5-3-2-4-14(12)16/h2-10,19,21-22H,1H3,(H,23,24)/b17-9-. The van der Waals surface area contributed by atoms with Gasteiger partial charge in [0.25, 0.3) is 5.91 Å². The van der Waals surface area contributed by atoms with E-state index in [1.165, 1.54) is 11.8 Å². The van der Waals surface area contributed by atoms with E-state index in [9.17, 15) is 4.79 Å². The number of nitrogens with one attached hydrogen (secondary N) is 3. The largest absolute Gasteiger partial charge is 0.361 e. The Morgan fingerprint density at radius 1 is 1.24 bits per heavy atom. The minimum absolute atomic E-state index is 0.0700. The fourth-order valence-electron chi connectivity index (χ4n) is 2.85. The van der Waals surface area contributed by atoms with Crippen LogP contribution in [0.3, 0.4) is 0 Å². The molecule has 3 aromatic rings. The van der Waals surface area contributed by atoms with E-state index < -0.39 is 0 Å². The van der Waals surface area contributed by atoms with Gasteiger partial charge in [-0.15, -0.1) is 0 Å². The SMILES string of the molecule is Cc1cc(Cl)ccc1NC1NC(=O)/C(=C/c2c[nH]c3ccccc23)S1. The van der Waals surface area contributed by atoms with Crippen molar-refractivity contribution in [2.45, 2.75) is 12.4 Å². The summed E-state index contributed by atoms with van der Waals surface area (Å²) in [6, 6.07) is 13.7.